The van der Waals surface area contributed by atoms with E-state index >= 15 is 0 Å². The van der Waals surface area contributed by atoms with Crippen LogP contribution in [0.2, 0.25) is 0 Å². The van der Waals surface area contributed by atoms with Gasteiger partial charge >= 0.3 is 0 Å². The molecule has 5 aromatic rings. The summed E-state index contributed by atoms with van der Waals surface area (Å²) in [5, 5.41) is 34.8. The Bertz CT molecular complexity index is 1760. The number of rotatable bonds is 5. The lowest BCUT2D eigenvalue weighted by Crippen LogP contribution is -2.48. The third kappa shape index (κ3) is 4.37. The molecule has 3 unspecified atom stereocenters. The summed E-state index contributed by atoms with van der Waals surface area (Å²) < 4.78 is 44.0. The monoisotopic (exact) mass is 574 g/mol. The standard InChI is InChI=1S/C25H21F3N6O3S2/c1-9-4-12(27)17-14(5-9)39-23(31-17)19-16(22-30-18-13(28)6-11(26)7-15(18)38-22)21(33-24(29)32-19)34-25(37)3-2-10(8-35)20(25)36/h4-7,10,20,35-37H,2-3,8H2,1H3,(H3,29,32,33,34). The molecule has 0 aliphatic heterocycles. The molecule has 9 nitrogen and oxygen atoms in total. The van der Waals surface area contributed by atoms with E-state index in [9.17, 15) is 28.5 Å². The Kier molecular flexibility index (Phi) is 6.19. The van der Waals surface area contributed by atoms with Crippen LogP contribution in [0.1, 0.15) is 18.4 Å². The number of benzene rings is 2. The molecule has 0 amide bonds. The van der Waals surface area contributed by atoms with Crippen LogP contribution < -0.4 is 11.1 Å². The minimum absolute atomic E-state index is 0.0477. The van der Waals surface area contributed by atoms with Crippen LogP contribution in [0.3, 0.4) is 0 Å². The molecule has 202 valence electrons. The molecule has 3 atom stereocenters. The Balaban J connectivity index is 1.60. The molecule has 1 saturated carbocycles. The van der Waals surface area contributed by atoms with Crippen LogP contribution in [-0.2, 0) is 0 Å². The van der Waals surface area contributed by atoms with Crippen molar-refractivity contribution in [2.45, 2.75) is 31.6 Å². The highest BCUT2D eigenvalue weighted by atomic mass is 32.1. The summed E-state index contributed by atoms with van der Waals surface area (Å²) in [6.45, 7) is 1.41. The maximum atomic E-state index is 14.7. The number of hydrogen-bond donors (Lipinski definition) is 5. The summed E-state index contributed by atoms with van der Waals surface area (Å²) in [4.78, 5) is 17.4. The molecule has 1 aliphatic carbocycles. The van der Waals surface area contributed by atoms with E-state index in [0.717, 1.165) is 34.8 Å². The number of fused-ring (bicyclic) bond motifs is 2. The normalized spacial score (nSPS) is 21.3. The summed E-state index contributed by atoms with van der Waals surface area (Å²) in [7, 11) is 0. The first-order chi connectivity index (χ1) is 18.6. The highest BCUT2D eigenvalue weighted by Crippen LogP contribution is 2.45. The Morgan fingerprint density at radius 1 is 1.00 bits per heavy atom. The first kappa shape index (κ1) is 25.8. The van der Waals surface area contributed by atoms with E-state index in [4.69, 9.17) is 5.73 Å². The van der Waals surface area contributed by atoms with Crippen LogP contribution in [0, 0.1) is 30.3 Å². The van der Waals surface area contributed by atoms with Gasteiger partial charge in [0, 0.05) is 18.6 Å². The summed E-state index contributed by atoms with van der Waals surface area (Å²) in [6.07, 6.45) is -0.952. The molecule has 1 aliphatic rings. The maximum Gasteiger partial charge on any atom is 0.222 e. The van der Waals surface area contributed by atoms with Gasteiger partial charge in [-0.05, 0) is 43.5 Å². The Morgan fingerprint density at radius 3 is 2.38 bits per heavy atom. The number of nitrogens with zero attached hydrogens (tertiary/aromatic N) is 4. The van der Waals surface area contributed by atoms with Crippen molar-refractivity contribution < 1.29 is 28.5 Å². The van der Waals surface area contributed by atoms with Crippen LogP contribution in [0.5, 0.6) is 0 Å². The van der Waals surface area contributed by atoms with Crippen LogP contribution in [0.25, 0.3) is 41.7 Å². The van der Waals surface area contributed by atoms with Crippen LogP contribution >= 0.6 is 22.7 Å². The number of anilines is 2. The molecule has 6 rings (SSSR count). The van der Waals surface area contributed by atoms with E-state index < -0.39 is 35.2 Å². The third-order valence-corrected chi connectivity index (χ3v) is 8.78. The van der Waals surface area contributed by atoms with Crippen LogP contribution in [0.15, 0.2) is 24.3 Å². The average Bonchev–Trinajstić information content (AvgIpc) is 3.55. The van der Waals surface area contributed by atoms with Crippen LogP contribution in [0.4, 0.5) is 24.9 Å². The predicted molar refractivity (Wildman–Crippen MR) is 143 cm³/mol. The molecule has 0 saturated heterocycles. The zero-order valence-electron chi connectivity index (χ0n) is 20.2. The second kappa shape index (κ2) is 9.34. The second-order valence-electron chi connectivity index (χ2n) is 9.50. The molecule has 3 aromatic heterocycles. The largest absolute Gasteiger partial charge is 0.396 e. The van der Waals surface area contributed by atoms with Crippen molar-refractivity contribution in [2.75, 3.05) is 17.7 Å². The fourth-order valence-electron chi connectivity index (χ4n) is 4.84. The minimum Gasteiger partial charge on any atom is -0.396 e. The van der Waals surface area contributed by atoms with Crippen molar-refractivity contribution >= 4 is 54.9 Å². The van der Waals surface area contributed by atoms with Gasteiger partial charge < -0.3 is 26.4 Å². The zero-order chi connectivity index (χ0) is 27.6. The van der Waals surface area contributed by atoms with Crippen molar-refractivity contribution in [2.24, 2.45) is 5.92 Å². The highest BCUT2D eigenvalue weighted by Gasteiger charge is 2.47. The summed E-state index contributed by atoms with van der Waals surface area (Å²) in [5.74, 6) is -3.02. The van der Waals surface area contributed by atoms with Crippen molar-refractivity contribution in [3.63, 3.8) is 0 Å². The van der Waals surface area contributed by atoms with Crippen molar-refractivity contribution in [1.82, 2.24) is 19.9 Å². The molecule has 3 heterocycles. The molecule has 14 heteroatoms. The number of nitrogens with two attached hydrogens (primary N) is 1. The number of aliphatic hydroxyl groups is 3. The van der Waals surface area contributed by atoms with E-state index in [-0.39, 0.29) is 61.8 Å². The molecule has 0 spiro atoms. The average molecular weight is 575 g/mol. The van der Waals surface area contributed by atoms with Gasteiger partial charge in [-0.15, -0.1) is 22.7 Å². The number of halogens is 3. The molecule has 0 radical (unpaired) electrons. The van der Waals surface area contributed by atoms with Gasteiger partial charge in [-0.1, -0.05) is 0 Å². The number of aryl methyl sites for hydroxylation is 1. The Labute approximate surface area is 226 Å². The zero-order valence-corrected chi connectivity index (χ0v) is 21.9. The van der Waals surface area contributed by atoms with E-state index in [0.29, 0.717) is 16.7 Å². The van der Waals surface area contributed by atoms with E-state index in [1.807, 2.05) is 0 Å². The molecular weight excluding hydrogens is 553 g/mol. The lowest BCUT2D eigenvalue weighted by atomic mass is 10.0. The van der Waals surface area contributed by atoms with Crippen LogP contribution in [-0.4, -0.2) is 53.7 Å². The van der Waals surface area contributed by atoms with Gasteiger partial charge in [0.2, 0.25) is 5.95 Å². The van der Waals surface area contributed by atoms with Gasteiger partial charge in [0.05, 0.1) is 15.0 Å². The van der Waals surface area contributed by atoms with E-state index in [2.05, 4.69) is 25.3 Å². The molecule has 1 fully saturated rings. The first-order valence-corrected chi connectivity index (χ1v) is 13.5. The number of thiazole rings is 2. The SMILES string of the molecule is Cc1cc(F)c2nc(-c3nc(N)nc(NC4(O)CCC(CO)C4O)c3-c3nc4c(F)cc(F)cc4s3)sc2c1. The minimum atomic E-state index is -1.90. The van der Waals surface area contributed by atoms with Gasteiger partial charge in [0.15, 0.2) is 17.4 Å². The van der Waals surface area contributed by atoms with E-state index in [1.165, 1.54) is 6.07 Å². The molecule has 0 bridgehead atoms. The first-order valence-electron chi connectivity index (χ1n) is 11.9. The van der Waals surface area contributed by atoms with Gasteiger partial charge in [-0.3, -0.25) is 0 Å². The van der Waals surface area contributed by atoms with Crippen molar-refractivity contribution in [1.29, 1.82) is 0 Å². The Morgan fingerprint density at radius 2 is 1.67 bits per heavy atom. The number of nitrogens with one attached hydrogen (secondary N) is 1. The summed E-state index contributed by atoms with van der Waals surface area (Å²) >= 11 is 2.09. The number of aliphatic hydroxyl groups excluding tert-OH is 2. The van der Waals surface area contributed by atoms with E-state index in [1.54, 1.807) is 13.0 Å². The maximum absolute atomic E-state index is 14.7. The molecule has 2 aromatic carbocycles. The fraction of sp³-hybridized carbons (Fsp3) is 0.280. The quantitative estimate of drug-likeness (QED) is 0.195. The smallest absolute Gasteiger partial charge is 0.222 e. The lowest BCUT2D eigenvalue weighted by molar-refractivity contribution is -0.0545. The third-order valence-electron chi connectivity index (χ3n) is 6.75. The highest BCUT2D eigenvalue weighted by molar-refractivity contribution is 7.22. The molecular formula is C25H21F3N6O3S2. The van der Waals surface area contributed by atoms with Gasteiger partial charge in [-0.2, -0.15) is 4.98 Å². The molecule has 39 heavy (non-hydrogen) atoms. The summed E-state index contributed by atoms with van der Waals surface area (Å²) in [5.41, 5.74) is 5.14. The van der Waals surface area contributed by atoms with Gasteiger partial charge in [0.1, 0.15) is 44.5 Å². The molecule has 6 N–H and O–H groups in total. The summed E-state index contributed by atoms with van der Waals surface area (Å²) in [6, 6.07) is 4.98. The van der Waals surface area contributed by atoms with Crippen molar-refractivity contribution in [3.8, 4) is 21.3 Å². The number of aromatic nitrogens is 4. The van der Waals surface area contributed by atoms with Gasteiger partial charge in [0.25, 0.3) is 0 Å². The topological polar surface area (TPSA) is 150 Å². The Hall–Kier alpha value is -3.43. The number of hydrogen-bond acceptors (Lipinski definition) is 11. The van der Waals surface area contributed by atoms with Crippen molar-refractivity contribution in [3.05, 3.63) is 47.3 Å². The van der Waals surface area contributed by atoms with Gasteiger partial charge in [-0.25, -0.2) is 28.1 Å². The number of nitrogen functional groups attached to an aromatic ring is 1. The fourth-order valence-corrected chi connectivity index (χ4v) is 6.97. The lowest BCUT2D eigenvalue weighted by Gasteiger charge is -2.30. The second-order valence-corrected chi connectivity index (χ2v) is 11.6. The predicted octanol–water partition coefficient (Wildman–Crippen LogP) is 4.20.